The molecule has 0 saturated heterocycles. The first-order chi connectivity index (χ1) is 6.81. The molecule has 2 aromatic rings. The second kappa shape index (κ2) is 3.84. The van der Waals surface area contributed by atoms with Crippen molar-refractivity contribution in [3.63, 3.8) is 0 Å². The quantitative estimate of drug-likeness (QED) is 0.766. The number of hydrogen-bond donors (Lipinski definition) is 2. The van der Waals surface area contributed by atoms with E-state index in [9.17, 15) is 0 Å². The van der Waals surface area contributed by atoms with Gasteiger partial charge < -0.3 is 10.3 Å². The van der Waals surface area contributed by atoms with Crippen molar-refractivity contribution in [1.82, 2.24) is 15.0 Å². The third-order valence-electron chi connectivity index (χ3n) is 1.90. The van der Waals surface area contributed by atoms with Gasteiger partial charge in [0, 0.05) is 12.7 Å². The van der Waals surface area contributed by atoms with Gasteiger partial charge >= 0.3 is 0 Å². The minimum absolute atomic E-state index is 0.481. The molecule has 2 heterocycles. The molecule has 0 aromatic carbocycles. The van der Waals surface area contributed by atoms with Crippen LogP contribution in [-0.4, -0.2) is 21.5 Å². The first-order valence-electron chi connectivity index (χ1n) is 4.55. The van der Waals surface area contributed by atoms with Crippen molar-refractivity contribution >= 4 is 28.6 Å². The molecule has 2 N–H and O–H groups in total. The normalized spacial score (nSPS) is 10.7. The van der Waals surface area contributed by atoms with E-state index in [1.165, 1.54) is 0 Å². The van der Waals surface area contributed by atoms with Crippen LogP contribution in [0.15, 0.2) is 12.3 Å². The fraction of sp³-hybridized carbons (Fsp3) is 0.333. The molecule has 74 valence electrons. The summed E-state index contributed by atoms with van der Waals surface area (Å²) in [7, 11) is 0. The Kier molecular flexibility index (Phi) is 2.54. The van der Waals surface area contributed by atoms with Crippen LogP contribution in [0.5, 0.6) is 0 Å². The van der Waals surface area contributed by atoms with Crippen LogP contribution in [0.3, 0.4) is 0 Å². The fourth-order valence-corrected chi connectivity index (χ4v) is 1.45. The molecule has 14 heavy (non-hydrogen) atoms. The maximum absolute atomic E-state index is 5.97. The molecule has 0 fully saturated rings. The lowest BCUT2D eigenvalue weighted by Crippen LogP contribution is -2.04. The first-order valence-corrected chi connectivity index (χ1v) is 4.93. The van der Waals surface area contributed by atoms with E-state index in [0.29, 0.717) is 11.1 Å². The number of rotatable bonds is 3. The summed E-state index contributed by atoms with van der Waals surface area (Å²) in [6.45, 7) is 2.93. The third-order valence-corrected chi connectivity index (χ3v) is 2.19. The Labute approximate surface area is 86.7 Å². The van der Waals surface area contributed by atoms with Crippen molar-refractivity contribution in [2.45, 2.75) is 13.3 Å². The minimum Gasteiger partial charge on any atom is -0.354 e. The van der Waals surface area contributed by atoms with E-state index < -0.39 is 0 Å². The number of aromatic amines is 1. The summed E-state index contributed by atoms with van der Waals surface area (Å²) in [4.78, 5) is 11.4. The Morgan fingerprint density at radius 1 is 1.50 bits per heavy atom. The molecular weight excluding hydrogens is 200 g/mol. The molecule has 2 rings (SSSR count). The zero-order valence-electron chi connectivity index (χ0n) is 7.84. The van der Waals surface area contributed by atoms with E-state index in [1.807, 2.05) is 6.07 Å². The van der Waals surface area contributed by atoms with Crippen molar-refractivity contribution < 1.29 is 0 Å². The Morgan fingerprint density at radius 2 is 2.36 bits per heavy atom. The van der Waals surface area contributed by atoms with E-state index in [2.05, 4.69) is 27.2 Å². The number of anilines is 1. The number of hydrogen-bond acceptors (Lipinski definition) is 3. The van der Waals surface area contributed by atoms with Gasteiger partial charge in [0.1, 0.15) is 10.8 Å². The standard InChI is InChI=1S/C9H11ClN4/c1-2-4-12-9-13-7(10)6-3-5-11-8(6)14-9/h3,5H,2,4H2,1H3,(H2,11,12,13,14). The molecule has 0 aliphatic heterocycles. The number of nitrogens with one attached hydrogen (secondary N) is 2. The van der Waals surface area contributed by atoms with E-state index in [0.717, 1.165) is 24.0 Å². The summed E-state index contributed by atoms with van der Waals surface area (Å²) in [6, 6.07) is 1.86. The van der Waals surface area contributed by atoms with Gasteiger partial charge in [-0.2, -0.15) is 4.98 Å². The second-order valence-corrected chi connectivity index (χ2v) is 3.36. The van der Waals surface area contributed by atoms with E-state index in [1.54, 1.807) is 6.20 Å². The van der Waals surface area contributed by atoms with Crippen molar-refractivity contribution in [2.24, 2.45) is 0 Å². The number of H-pyrrole nitrogens is 1. The molecule has 0 spiro atoms. The van der Waals surface area contributed by atoms with Crippen LogP contribution in [-0.2, 0) is 0 Å². The van der Waals surface area contributed by atoms with Crippen molar-refractivity contribution in [3.8, 4) is 0 Å². The van der Waals surface area contributed by atoms with Crippen LogP contribution in [0.1, 0.15) is 13.3 Å². The van der Waals surface area contributed by atoms with Crippen LogP contribution >= 0.6 is 11.6 Å². The molecule has 0 aliphatic carbocycles. The van der Waals surface area contributed by atoms with E-state index in [4.69, 9.17) is 11.6 Å². The molecule has 2 aromatic heterocycles. The first kappa shape index (κ1) is 9.27. The molecule has 0 radical (unpaired) electrons. The Bertz CT molecular complexity index is 437. The molecule has 0 bridgehead atoms. The smallest absolute Gasteiger partial charge is 0.226 e. The summed E-state index contributed by atoms with van der Waals surface area (Å²) in [6.07, 6.45) is 2.83. The van der Waals surface area contributed by atoms with Gasteiger partial charge in [0.15, 0.2) is 0 Å². The predicted molar refractivity (Wildman–Crippen MR) is 57.7 cm³/mol. The summed E-state index contributed by atoms with van der Waals surface area (Å²) < 4.78 is 0. The van der Waals surface area contributed by atoms with Gasteiger partial charge in [0.25, 0.3) is 0 Å². The molecule has 0 unspecified atom stereocenters. The number of nitrogens with zero attached hydrogens (tertiary/aromatic N) is 2. The van der Waals surface area contributed by atoms with Crippen LogP contribution < -0.4 is 5.32 Å². The third kappa shape index (κ3) is 1.65. The lowest BCUT2D eigenvalue weighted by molar-refractivity contribution is 0.956. The molecule has 0 saturated carbocycles. The number of fused-ring (bicyclic) bond motifs is 1. The summed E-state index contributed by atoms with van der Waals surface area (Å²) in [5.74, 6) is 0.576. The average molecular weight is 211 g/mol. The number of aromatic nitrogens is 3. The Morgan fingerprint density at radius 3 is 3.14 bits per heavy atom. The van der Waals surface area contributed by atoms with Crippen molar-refractivity contribution in [3.05, 3.63) is 17.4 Å². The zero-order chi connectivity index (χ0) is 9.97. The highest BCUT2D eigenvalue weighted by atomic mass is 35.5. The largest absolute Gasteiger partial charge is 0.354 e. The monoisotopic (exact) mass is 210 g/mol. The lowest BCUT2D eigenvalue weighted by atomic mass is 10.4. The molecule has 0 aliphatic rings. The average Bonchev–Trinajstić information content (AvgIpc) is 2.63. The summed E-state index contributed by atoms with van der Waals surface area (Å²) in [5, 5.41) is 4.43. The summed E-state index contributed by atoms with van der Waals surface area (Å²) in [5.41, 5.74) is 0.767. The van der Waals surface area contributed by atoms with Crippen molar-refractivity contribution in [2.75, 3.05) is 11.9 Å². The van der Waals surface area contributed by atoms with Gasteiger partial charge in [-0.05, 0) is 12.5 Å². The Hall–Kier alpha value is -1.29. The SMILES string of the molecule is CCCNc1nc(Cl)c2cc[nH]c2n1. The fourth-order valence-electron chi connectivity index (χ4n) is 1.22. The summed E-state index contributed by atoms with van der Waals surface area (Å²) >= 11 is 5.97. The molecule has 5 heteroatoms. The van der Waals surface area contributed by atoms with Gasteiger partial charge in [-0.15, -0.1) is 0 Å². The molecular formula is C9H11ClN4. The maximum atomic E-state index is 5.97. The van der Waals surface area contributed by atoms with Crippen molar-refractivity contribution in [1.29, 1.82) is 0 Å². The second-order valence-electron chi connectivity index (χ2n) is 3.00. The topological polar surface area (TPSA) is 53.6 Å². The minimum atomic E-state index is 0.481. The van der Waals surface area contributed by atoms with E-state index >= 15 is 0 Å². The molecule has 0 amide bonds. The molecule has 0 atom stereocenters. The van der Waals surface area contributed by atoms with Crippen LogP contribution in [0.4, 0.5) is 5.95 Å². The van der Waals surface area contributed by atoms with Crippen LogP contribution in [0.25, 0.3) is 11.0 Å². The van der Waals surface area contributed by atoms with Crippen LogP contribution in [0.2, 0.25) is 5.15 Å². The van der Waals surface area contributed by atoms with Gasteiger partial charge in [-0.25, -0.2) is 4.98 Å². The highest BCUT2D eigenvalue weighted by molar-refractivity contribution is 6.34. The van der Waals surface area contributed by atoms with Crippen LogP contribution in [0, 0.1) is 0 Å². The van der Waals surface area contributed by atoms with Gasteiger partial charge in [0.2, 0.25) is 5.95 Å². The maximum Gasteiger partial charge on any atom is 0.226 e. The highest BCUT2D eigenvalue weighted by Gasteiger charge is 2.05. The highest BCUT2D eigenvalue weighted by Crippen LogP contribution is 2.20. The van der Waals surface area contributed by atoms with Gasteiger partial charge in [0.05, 0.1) is 5.39 Å². The van der Waals surface area contributed by atoms with E-state index in [-0.39, 0.29) is 0 Å². The van der Waals surface area contributed by atoms with Gasteiger partial charge in [-0.3, -0.25) is 0 Å². The lowest BCUT2D eigenvalue weighted by Gasteiger charge is -2.02. The van der Waals surface area contributed by atoms with Gasteiger partial charge in [-0.1, -0.05) is 18.5 Å². The predicted octanol–water partition coefficient (Wildman–Crippen LogP) is 2.43. The Balaban J connectivity index is 2.38. The number of halogens is 1. The zero-order valence-corrected chi connectivity index (χ0v) is 8.60. The molecule has 4 nitrogen and oxygen atoms in total.